The van der Waals surface area contributed by atoms with E-state index in [0.717, 1.165) is 65.0 Å². The van der Waals surface area contributed by atoms with Gasteiger partial charge in [0.05, 0.1) is 12.1 Å². The number of nitrogens with zero attached hydrogens (tertiary/aromatic N) is 2. The molecule has 0 radical (unpaired) electrons. The zero-order valence-corrected chi connectivity index (χ0v) is 23.9. The minimum atomic E-state index is -0.770. The van der Waals surface area contributed by atoms with Crippen LogP contribution in [0.4, 0.5) is 0 Å². The fourth-order valence-electron chi connectivity index (χ4n) is 6.73. The highest BCUT2D eigenvalue weighted by molar-refractivity contribution is 6.01. The quantitative estimate of drug-likeness (QED) is 0.592. The second kappa shape index (κ2) is 9.60. The third-order valence-electron chi connectivity index (χ3n) is 8.93. The summed E-state index contributed by atoms with van der Waals surface area (Å²) in [4.78, 5) is 33.6. The Bertz CT molecular complexity index is 1370. The Labute approximate surface area is 225 Å². The summed E-state index contributed by atoms with van der Waals surface area (Å²) in [5, 5.41) is 0. The minimum Gasteiger partial charge on any atom is -0.448 e. The molecule has 5 rings (SSSR count). The van der Waals surface area contributed by atoms with Gasteiger partial charge in [0.1, 0.15) is 0 Å². The predicted octanol–water partition coefficient (Wildman–Crippen LogP) is 5.14. The zero-order chi connectivity index (χ0) is 27.5. The van der Waals surface area contributed by atoms with Crippen LogP contribution in [-0.4, -0.2) is 53.2 Å². The maximum atomic E-state index is 14.0. The van der Waals surface area contributed by atoms with Crippen molar-refractivity contribution in [2.45, 2.75) is 85.1 Å². The third-order valence-corrected chi connectivity index (χ3v) is 8.93. The monoisotopic (exact) mass is 519 g/mol. The lowest BCUT2D eigenvalue weighted by Gasteiger charge is -2.39. The second-order valence-electron chi connectivity index (χ2n) is 11.9. The van der Waals surface area contributed by atoms with E-state index in [9.17, 15) is 9.59 Å². The van der Waals surface area contributed by atoms with Gasteiger partial charge in [-0.3, -0.25) is 9.59 Å². The Morgan fingerprint density at radius 3 is 2.39 bits per heavy atom. The second-order valence-corrected chi connectivity index (χ2v) is 11.9. The number of nitrogens with one attached hydrogen (secondary N) is 1. The number of ether oxygens (including phenoxy) is 2. The SMILES string of the molecule is C=C(C)c1c2c(c(C)c3c1OC(C)([C@H]1CC[C@H](N(C)C)CC1)O3)C(=O)N(Cc1c(C)cc(C)[nH]c1=O)CC2. The van der Waals surface area contributed by atoms with Crippen molar-refractivity contribution >= 4 is 11.5 Å². The van der Waals surface area contributed by atoms with E-state index in [0.29, 0.717) is 35.9 Å². The third kappa shape index (κ3) is 4.35. The van der Waals surface area contributed by atoms with Crippen LogP contribution in [0.5, 0.6) is 11.5 Å². The fraction of sp³-hybridized carbons (Fsp3) is 0.548. The van der Waals surface area contributed by atoms with E-state index >= 15 is 0 Å². The number of hydrogen-bond donors (Lipinski definition) is 1. The average Bonchev–Trinajstić information content (AvgIpc) is 3.21. The molecule has 0 spiro atoms. The van der Waals surface area contributed by atoms with Gasteiger partial charge in [-0.2, -0.15) is 0 Å². The van der Waals surface area contributed by atoms with E-state index in [1.807, 2.05) is 33.8 Å². The Morgan fingerprint density at radius 1 is 1.13 bits per heavy atom. The molecule has 2 aromatic rings. The van der Waals surface area contributed by atoms with Crippen molar-refractivity contribution in [1.29, 1.82) is 0 Å². The van der Waals surface area contributed by atoms with Crippen molar-refractivity contribution < 1.29 is 14.3 Å². The van der Waals surface area contributed by atoms with Crippen molar-refractivity contribution in [1.82, 2.24) is 14.8 Å². The van der Waals surface area contributed by atoms with Crippen LogP contribution < -0.4 is 15.0 Å². The van der Waals surface area contributed by atoms with Crippen LogP contribution in [0.25, 0.3) is 5.57 Å². The van der Waals surface area contributed by atoms with E-state index in [2.05, 4.69) is 37.5 Å². The first kappa shape index (κ1) is 26.5. The van der Waals surface area contributed by atoms with Crippen molar-refractivity contribution in [2.75, 3.05) is 20.6 Å². The number of benzene rings is 1. The standard InChI is InChI=1S/C31H41N3O4/c1-17(2)25-23-13-14-34(16-24-18(3)15-19(4)32-29(24)35)30(36)26(23)20(5)27-28(25)38-31(6,37-27)21-9-11-22(12-10-21)33(7)8/h15,21-22H,1,9-14,16H2,2-8H3,(H,32,35)/t21-,22-,31?. The maximum Gasteiger partial charge on any atom is 0.254 e. The van der Waals surface area contributed by atoms with Gasteiger partial charge in [0.25, 0.3) is 17.3 Å². The number of allylic oxidation sites excluding steroid dienone is 1. The van der Waals surface area contributed by atoms with E-state index < -0.39 is 5.79 Å². The first-order valence-electron chi connectivity index (χ1n) is 13.8. The Kier molecular flexibility index (Phi) is 6.70. The van der Waals surface area contributed by atoms with Gasteiger partial charge in [0.15, 0.2) is 11.5 Å². The zero-order valence-electron chi connectivity index (χ0n) is 23.9. The smallest absolute Gasteiger partial charge is 0.254 e. The molecule has 0 bridgehead atoms. The molecule has 1 atom stereocenters. The van der Waals surface area contributed by atoms with Crippen LogP contribution in [0, 0.1) is 26.7 Å². The fourth-order valence-corrected chi connectivity index (χ4v) is 6.73. The summed E-state index contributed by atoms with van der Waals surface area (Å²) >= 11 is 0. The van der Waals surface area contributed by atoms with E-state index in [1.165, 1.54) is 0 Å². The number of rotatable bonds is 5. The number of aromatic amines is 1. The summed E-state index contributed by atoms with van der Waals surface area (Å²) in [6.45, 7) is 14.9. The lowest BCUT2D eigenvalue weighted by molar-refractivity contribution is -0.123. The number of amides is 1. The average molecular weight is 520 g/mol. The molecule has 0 saturated heterocycles. The molecule has 2 aliphatic heterocycles. The van der Waals surface area contributed by atoms with Crippen LogP contribution >= 0.6 is 0 Å². The highest BCUT2D eigenvalue weighted by atomic mass is 16.7. The molecule has 3 aliphatic rings. The Balaban J connectivity index is 1.49. The molecule has 1 N–H and O–H groups in total. The molecule has 1 saturated carbocycles. The summed E-state index contributed by atoms with van der Waals surface area (Å²) < 4.78 is 13.4. The molecule has 38 heavy (non-hydrogen) atoms. The van der Waals surface area contributed by atoms with Gasteiger partial charge >= 0.3 is 0 Å². The van der Waals surface area contributed by atoms with E-state index in [-0.39, 0.29) is 23.9 Å². The summed E-state index contributed by atoms with van der Waals surface area (Å²) in [5.41, 5.74) is 6.45. The van der Waals surface area contributed by atoms with Crippen molar-refractivity contribution in [3.05, 3.63) is 62.1 Å². The summed E-state index contributed by atoms with van der Waals surface area (Å²) in [7, 11) is 4.30. The highest BCUT2D eigenvalue weighted by Gasteiger charge is 2.49. The maximum absolute atomic E-state index is 14.0. The number of aromatic nitrogens is 1. The first-order valence-corrected chi connectivity index (χ1v) is 13.8. The van der Waals surface area contributed by atoms with Crippen LogP contribution in [0.1, 0.15) is 83.4 Å². The highest BCUT2D eigenvalue weighted by Crippen LogP contribution is 2.53. The molecule has 1 amide bonds. The normalized spacial score (nSPS) is 24.6. The van der Waals surface area contributed by atoms with Crippen LogP contribution in [0.2, 0.25) is 0 Å². The predicted molar refractivity (Wildman–Crippen MR) is 150 cm³/mol. The summed E-state index contributed by atoms with van der Waals surface area (Å²) in [6.07, 6.45) is 4.97. The number of pyridine rings is 1. The van der Waals surface area contributed by atoms with E-state index in [1.54, 1.807) is 4.90 Å². The first-order chi connectivity index (χ1) is 17.9. The molecule has 1 aromatic heterocycles. The molecule has 7 heteroatoms. The lowest BCUT2D eigenvalue weighted by Crippen LogP contribution is -2.46. The molecule has 1 aromatic carbocycles. The molecule has 1 aliphatic carbocycles. The van der Waals surface area contributed by atoms with Gasteiger partial charge < -0.3 is 24.3 Å². The van der Waals surface area contributed by atoms with Crippen molar-refractivity contribution in [3.8, 4) is 11.5 Å². The molecule has 3 heterocycles. The van der Waals surface area contributed by atoms with Gasteiger partial charge in [-0.15, -0.1) is 0 Å². The number of H-pyrrole nitrogens is 1. The molecular formula is C31H41N3O4. The van der Waals surface area contributed by atoms with Crippen LogP contribution in [0.15, 0.2) is 17.4 Å². The van der Waals surface area contributed by atoms with E-state index in [4.69, 9.17) is 9.47 Å². The topological polar surface area (TPSA) is 74.9 Å². The number of hydrogen-bond acceptors (Lipinski definition) is 5. The molecular weight excluding hydrogens is 478 g/mol. The summed E-state index contributed by atoms with van der Waals surface area (Å²) in [6, 6.07) is 2.54. The van der Waals surface area contributed by atoms with Gasteiger partial charge in [-0.05, 0) is 96.7 Å². The summed E-state index contributed by atoms with van der Waals surface area (Å²) in [5.74, 6) is 0.825. The minimum absolute atomic E-state index is 0.0721. The van der Waals surface area contributed by atoms with Crippen molar-refractivity contribution in [2.24, 2.45) is 5.92 Å². The number of aryl methyl sites for hydroxylation is 2. The van der Waals surface area contributed by atoms with Crippen LogP contribution in [0.3, 0.4) is 0 Å². The number of carbonyl (C=O) groups excluding carboxylic acids is 1. The Hall–Kier alpha value is -3.06. The molecule has 204 valence electrons. The van der Waals surface area contributed by atoms with Crippen molar-refractivity contribution in [3.63, 3.8) is 0 Å². The molecule has 7 nitrogen and oxygen atoms in total. The van der Waals surface area contributed by atoms with Crippen LogP contribution in [-0.2, 0) is 13.0 Å². The number of carbonyl (C=O) groups is 1. The Morgan fingerprint density at radius 2 is 1.79 bits per heavy atom. The largest absolute Gasteiger partial charge is 0.448 e. The van der Waals surface area contributed by atoms with Gasteiger partial charge in [0, 0.05) is 47.8 Å². The molecule has 1 fully saturated rings. The molecule has 1 unspecified atom stereocenters. The van der Waals surface area contributed by atoms with Gasteiger partial charge in [-0.1, -0.05) is 6.58 Å². The van der Waals surface area contributed by atoms with Gasteiger partial charge in [-0.25, -0.2) is 0 Å². The van der Waals surface area contributed by atoms with Gasteiger partial charge in [0.2, 0.25) is 0 Å². The number of fused-ring (bicyclic) bond motifs is 2. The lowest BCUT2D eigenvalue weighted by atomic mass is 9.81.